The molecular weight excluding hydrogens is 380 g/mol. The highest BCUT2D eigenvalue weighted by Crippen LogP contribution is 2.31. The highest BCUT2D eigenvalue weighted by molar-refractivity contribution is 5.58. The summed E-state index contributed by atoms with van der Waals surface area (Å²) in [6.07, 6.45) is 0.837. The highest BCUT2D eigenvalue weighted by atomic mass is 16.6. The lowest BCUT2D eigenvalue weighted by Gasteiger charge is -2.29. The molecule has 1 atom stereocenters. The summed E-state index contributed by atoms with van der Waals surface area (Å²) in [5, 5.41) is 3.26. The Kier molecular flexibility index (Phi) is 5.94. The minimum absolute atomic E-state index is 0.0712. The maximum absolute atomic E-state index is 6.04. The molecule has 1 aromatic heterocycles. The van der Waals surface area contributed by atoms with E-state index < -0.39 is 0 Å². The smallest absolute Gasteiger partial charge is 0.232 e. The van der Waals surface area contributed by atoms with Crippen molar-refractivity contribution >= 4 is 17.6 Å². The Morgan fingerprint density at radius 3 is 2.67 bits per heavy atom. The van der Waals surface area contributed by atoms with E-state index in [2.05, 4.69) is 38.2 Å². The Balaban J connectivity index is 1.41. The number of ether oxygens (including phenoxy) is 2. The zero-order valence-electron chi connectivity index (χ0n) is 17.2. The molecule has 4 rings (SSSR count). The minimum atomic E-state index is -0.0712. The maximum atomic E-state index is 6.04. The fourth-order valence-electron chi connectivity index (χ4n) is 3.44. The average molecular weight is 406 g/mol. The zero-order valence-corrected chi connectivity index (χ0v) is 17.2. The summed E-state index contributed by atoms with van der Waals surface area (Å²) in [5.74, 6) is 2.78. The lowest BCUT2D eigenvalue weighted by Crippen LogP contribution is -2.39. The van der Waals surface area contributed by atoms with E-state index in [0.717, 1.165) is 23.6 Å². The fourth-order valence-corrected chi connectivity index (χ4v) is 3.44. The van der Waals surface area contributed by atoms with Crippen molar-refractivity contribution in [2.45, 2.75) is 26.0 Å². The van der Waals surface area contributed by atoms with Gasteiger partial charge in [-0.2, -0.15) is 15.0 Å². The van der Waals surface area contributed by atoms with E-state index in [9.17, 15) is 0 Å². The molecule has 0 spiro atoms. The Morgan fingerprint density at radius 1 is 1.07 bits per heavy atom. The number of aryl methyl sites for hydroxylation is 1. The molecule has 1 unspecified atom stereocenters. The molecule has 8 heteroatoms. The molecule has 2 aromatic carbocycles. The molecule has 3 aromatic rings. The van der Waals surface area contributed by atoms with Gasteiger partial charge in [-0.05, 0) is 37.2 Å². The van der Waals surface area contributed by atoms with Gasteiger partial charge in [0.1, 0.15) is 18.5 Å². The van der Waals surface area contributed by atoms with E-state index in [1.165, 1.54) is 5.56 Å². The number of aromatic nitrogens is 3. The monoisotopic (exact) mass is 406 g/mol. The van der Waals surface area contributed by atoms with E-state index in [0.29, 0.717) is 31.5 Å². The van der Waals surface area contributed by atoms with Crippen molar-refractivity contribution in [2.75, 3.05) is 31.2 Å². The molecule has 1 aliphatic heterocycles. The van der Waals surface area contributed by atoms with E-state index in [4.69, 9.17) is 15.2 Å². The zero-order chi connectivity index (χ0) is 20.9. The van der Waals surface area contributed by atoms with Crippen molar-refractivity contribution in [1.29, 1.82) is 0 Å². The molecule has 0 aliphatic carbocycles. The Hall–Kier alpha value is -3.39. The van der Waals surface area contributed by atoms with Gasteiger partial charge in [0.25, 0.3) is 0 Å². The van der Waals surface area contributed by atoms with Gasteiger partial charge in [-0.15, -0.1) is 0 Å². The summed E-state index contributed by atoms with van der Waals surface area (Å²) in [5.41, 5.74) is 8.09. The van der Waals surface area contributed by atoms with Crippen LogP contribution < -0.4 is 20.5 Å². The maximum Gasteiger partial charge on any atom is 0.232 e. The molecule has 0 radical (unpaired) electrons. The number of nitrogens with one attached hydrogen (secondary N) is 1. The van der Waals surface area contributed by atoms with E-state index in [1.54, 1.807) is 0 Å². The van der Waals surface area contributed by atoms with Gasteiger partial charge in [0.15, 0.2) is 11.5 Å². The third-order valence-corrected chi connectivity index (χ3v) is 4.84. The van der Waals surface area contributed by atoms with E-state index >= 15 is 0 Å². The number of nitrogens with two attached hydrogens (primary N) is 1. The molecule has 8 nitrogen and oxygen atoms in total. The van der Waals surface area contributed by atoms with Gasteiger partial charge >= 0.3 is 0 Å². The van der Waals surface area contributed by atoms with Gasteiger partial charge in [-0.1, -0.05) is 37.3 Å². The van der Waals surface area contributed by atoms with Gasteiger partial charge in [0.2, 0.25) is 11.9 Å². The fraction of sp³-hybridized carbons (Fsp3) is 0.318. The second kappa shape index (κ2) is 8.96. The summed E-state index contributed by atoms with van der Waals surface area (Å²) in [6, 6.07) is 15.8. The van der Waals surface area contributed by atoms with Crippen LogP contribution in [0.25, 0.3) is 0 Å². The number of benzene rings is 2. The number of anilines is 3. The third-order valence-electron chi connectivity index (χ3n) is 4.84. The first-order chi connectivity index (χ1) is 14.6. The molecule has 0 amide bonds. The second-order valence-electron chi connectivity index (χ2n) is 7.26. The summed E-state index contributed by atoms with van der Waals surface area (Å²) in [6.45, 7) is 3.79. The van der Waals surface area contributed by atoms with Crippen molar-refractivity contribution in [3.63, 3.8) is 0 Å². The Morgan fingerprint density at radius 2 is 1.83 bits per heavy atom. The number of nitrogen functional groups attached to an aromatic ring is 1. The highest BCUT2D eigenvalue weighted by Gasteiger charge is 2.22. The SMILES string of the molecule is CCc1ccccc1Nc1nc(N)nc(CN(C)CC2COc3ccccc3O2)n1. The quantitative estimate of drug-likeness (QED) is 0.618. The largest absolute Gasteiger partial charge is 0.486 e. The van der Waals surface area contributed by atoms with Crippen LogP contribution in [0.3, 0.4) is 0 Å². The lowest BCUT2D eigenvalue weighted by molar-refractivity contribution is 0.0632. The molecule has 2 heterocycles. The molecule has 0 fully saturated rings. The first-order valence-electron chi connectivity index (χ1n) is 10.0. The molecule has 0 saturated carbocycles. The number of hydrogen-bond donors (Lipinski definition) is 2. The first kappa shape index (κ1) is 19.9. The Labute approximate surface area is 176 Å². The van der Waals surface area contributed by atoms with Crippen molar-refractivity contribution in [2.24, 2.45) is 0 Å². The number of nitrogens with zero attached hydrogens (tertiary/aromatic N) is 4. The molecule has 0 bridgehead atoms. The van der Waals surface area contributed by atoms with Gasteiger partial charge in [0.05, 0.1) is 6.54 Å². The summed E-state index contributed by atoms with van der Waals surface area (Å²) < 4.78 is 11.8. The molecule has 1 aliphatic rings. The van der Waals surface area contributed by atoms with Crippen molar-refractivity contribution < 1.29 is 9.47 Å². The van der Waals surface area contributed by atoms with Gasteiger partial charge in [-0.25, -0.2) is 0 Å². The van der Waals surface area contributed by atoms with Crippen LogP contribution in [0.15, 0.2) is 48.5 Å². The predicted octanol–water partition coefficient (Wildman–Crippen LogP) is 3.03. The Bertz CT molecular complexity index is 1010. The summed E-state index contributed by atoms with van der Waals surface area (Å²) in [7, 11) is 1.99. The lowest BCUT2D eigenvalue weighted by atomic mass is 10.1. The van der Waals surface area contributed by atoms with Crippen LogP contribution in [0.2, 0.25) is 0 Å². The van der Waals surface area contributed by atoms with E-state index in [-0.39, 0.29) is 12.1 Å². The number of likely N-dealkylation sites (N-methyl/N-ethyl adjacent to an activating group) is 1. The molecule has 156 valence electrons. The van der Waals surface area contributed by atoms with Gasteiger partial charge in [-0.3, -0.25) is 4.90 Å². The molecule has 30 heavy (non-hydrogen) atoms. The van der Waals surface area contributed by atoms with Gasteiger partial charge in [0, 0.05) is 12.2 Å². The van der Waals surface area contributed by atoms with Crippen LogP contribution in [0, 0.1) is 0 Å². The van der Waals surface area contributed by atoms with Crippen molar-refractivity contribution in [1.82, 2.24) is 19.9 Å². The van der Waals surface area contributed by atoms with Gasteiger partial charge < -0.3 is 20.5 Å². The van der Waals surface area contributed by atoms with Crippen molar-refractivity contribution in [3.05, 3.63) is 59.9 Å². The third kappa shape index (κ3) is 4.77. The van der Waals surface area contributed by atoms with Crippen LogP contribution in [0.5, 0.6) is 11.5 Å². The number of fused-ring (bicyclic) bond motifs is 1. The molecular formula is C22H26N6O2. The predicted molar refractivity (Wildman–Crippen MR) is 116 cm³/mol. The average Bonchev–Trinajstić information content (AvgIpc) is 2.73. The standard InChI is InChI=1S/C22H26N6O2/c1-3-15-8-4-5-9-17(15)24-22-26-20(25-21(23)27-22)13-28(2)12-16-14-29-18-10-6-7-11-19(18)30-16/h4-11,16H,3,12-14H2,1-2H3,(H3,23,24,25,26,27). The minimum Gasteiger partial charge on any atom is -0.486 e. The van der Waals surface area contributed by atoms with E-state index in [1.807, 2.05) is 49.5 Å². The summed E-state index contributed by atoms with van der Waals surface area (Å²) >= 11 is 0. The van der Waals surface area contributed by atoms with Crippen LogP contribution in [-0.2, 0) is 13.0 Å². The van der Waals surface area contributed by atoms with Crippen LogP contribution in [-0.4, -0.2) is 46.2 Å². The molecule has 0 saturated heterocycles. The van der Waals surface area contributed by atoms with Crippen LogP contribution in [0.1, 0.15) is 18.3 Å². The number of hydrogen-bond acceptors (Lipinski definition) is 8. The van der Waals surface area contributed by atoms with Crippen molar-refractivity contribution in [3.8, 4) is 11.5 Å². The summed E-state index contributed by atoms with van der Waals surface area (Å²) in [4.78, 5) is 15.2. The normalized spacial score (nSPS) is 15.2. The number of para-hydroxylation sites is 3. The first-order valence-corrected chi connectivity index (χ1v) is 10.0. The molecule has 3 N–H and O–H groups in total. The van der Waals surface area contributed by atoms with Crippen LogP contribution in [0.4, 0.5) is 17.6 Å². The second-order valence-corrected chi connectivity index (χ2v) is 7.26. The van der Waals surface area contributed by atoms with Crippen LogP contribution >= 0.6 is 0 Å². The number of rotatable bonds is 7. The topological polar surface area (TPSA) is 98.4 Å².